The first-order valence-electron chi connectivity index (χ1n) is 14.9. The largest absolute Gasteiger partial charge is 0.380 e. The van der Waals surface area contributed by atoms with Crippen LogP contribution in [-0.2, 0) is 19.1 Å². The Kier molecular flexibility index (Phi) is 14.0. The number of carbonyl (C=O) groups excluding carboxylic acids is 2. The van der Waals surface area contributed by atoms with Gasteiger partial charge >= 0.3 is 0 Å². The summed E-state index contributed by atoms with van der Waals surface area (Å²) in [5.41, 5.74) is 0.153. The van der Waals surface area contributed by atoms with Gasteiger partial charge in [-0.2, -0.15) is 0 Å². The summed E-state index contributed by atoms with van der Waals surface area (Å²) in [7, 11) is 0. The number of anilines is 1. The quantitative estimate of drug-likeness (QED) is 0.184. The molecule has 0 fully saturated rings. The fourth-order valence-corrected chi connectivity index (χ4v) is 3.83. The lowest BCUT2D eigenvalue weighted by Crippen LogP contribution is -2.45. The van der Waals surface area contributed by atoms with Crippen LogP contribution >= 0.6 is 0 Å². The number of ether oxygens (including phenoxy) is 2. The monoisotopic (exact) mass is 602 g/mol. The number of aliphatic hydroxyl groups excluding tert-OH is 1. The molecule has 2 aromatic rings. The van der Waals surface area contributed by atoms with Crippen molar-refractivity contribution in [3.8, 4) is 11.5 Å². The molecule has 2 heterocycles. The second kappa shape index (κ2) is 16.6. The van der Waals surface area contributed by atoms with Crippen molar-refractivity contribution in [3.63, 3.8) is 0 Å². The van der Waals surface area contributed by atoms with E-state index in [-0.39, 0.29) is 35.5 Å². The van der Waals surface area contributed by atoms with Gasteiger partial charge in [0.15, 0.2) is 5.82 Å². The van der Waals surface area contributed by atoms with Crippen LogP contribution < -0.4 is 16.0 Å². The van der Waals surface area contributed by atoms with Gasteiger partial charge < -0.3 is 25.2 Å². The Labute approximate surface area is 255 Å². The molecule has 3 atom stereocenters. The van der Waals surface area contributed by atoms with Gasteiger partial charge in [0.25, 0.3) is 0 Å². The molecule has 2 aromatic heterocycles. The van der Waals surface area contributed by atoms with Gasteiger partial charge in [-0.1, -0.05) is 27.7 Å². The lowest BCUT2D eigenvalue weighted by Gasteiger charge is -2.34. The first-order chi connectivity index (χ1) is 20.2. The summed E-state index contributed by atoms with van der Waals surface area (Å²) in [4.78, 5) is 29.1. The fraction of sp³-hybridized carbons (Fsp3) is 0.700. The standard InChI is InChI=1S/C30H50N8O5/c1-9-29(7,19-42-20-30(8,10-2)18-33-27(41)43-28(4,5)6)17-32-24(39)12-11-13-25(40)34-22-14-15-23(31-16-22)26-37-35-21(3)36-38-26/h14-16,27,33,41H,9-13,17-20H2,1-8H3,(H,32,39)(H,34,40). The minimum atomic E-state index is -1.05. The van der Waals surface area contributed by atoms with Crippen molar-refractivity contribution in [3.05, 3.63) is 24.2 Å². The molecule has 43 heavy (non-hydrogen) atoms. The zero-order chi connectivity index (χ0) is 32.1. The van der Waals surface area contributed by atoms with E-state index in [1.165, 1.54) is 6.20 Å². The molecule has 0 saturated heterocycles. The number of aliphatic hydroxyl groups is 1. The highest BCUT2D eigenvalue weighted by Gasteiger charge is 2.28. The first kappa shape index (κ1) is 36.1. The third-order valence-corrected chi connectivity index (χ3v) is 7.15. The van der Waals surface area contributed by atoms with Crippen molar-refractivity contribution >= 4 is 17.5 Å². The Hall–Kier alpha value is -3.13. The highest BCUT2D eigenvalue weighted by atomic mass is 16.6. The fourth-order valence-electron chi connectivity index (χ4n) is 3.83. The molecule has 0 bridgehead atoms. The molecule has 3 unspecified atom stereocenters. The van der Waals surface area contributed by atoms with E-state index in [4.69, 9.17) is 9.47 Å². The molecule has 13 heteroatoms. The Morgan fingerprint density at radius 3 is 2.07 bits per heavy atom. The molecule has 0 radical (unpaired) electrons. The highest BCUT2D eigenvalue weighted by Crippen LogP contribution is 2.25. The second-order valence-electron chi connectivity index (χ2n) is 12.7. The van der Waals surface area contributed by atoms with Gasteiger partial charge in [-0.15, -0.1) is 20.4 Å². The summed E-state index contributed by atoms with van der Waals surface area (Å²) in [6, 6.07) is 3.38. The molecule has 0 saturated carbocycles. The maximum Gasteiger partial charge on any atom is 0.224 e. The van der Waals surface area contributed by atoms with Crippen LogP contribution in [0.2, 0.25) is 0 Å². The first-order valence-corrected chi connectivity index (χ1v) is 14.9. The second-order valence-corrected chi connectivity index (χ2v) is 12.7. The Balaban J connectivity index is 1.70. The van der Waals surface area contributed by atoms with E-state index in [1.54, 1.807) is 19.1 Å². The van der Waals surface area contributed by atoms with Gasteiger partial charge in [-0.3, -0.25) is 19.9 Å². The number of nitrogens with one attached hydrogen (secondary N) is 3. The SMILES string of the molecule is CCC(C)(CNC(=O)CCCC(=O)Nc1ccc(-c2nnc(C)nn2)nc1)COCC(C)(CC)CNC(O)OC(C)(C)C. The summed E-state index contributed by atoms with van der Waals surface area (Å²) in [5.74, 6) is 0.467. The van der Waals surface area contributed by atoms with Gasteiger partial charge in [0, 0.05) is 36.8 Å². The molecule has 0 aliphatic carbocycles. The minimum Gasteiger partial charge on any atom is -0.380 e. The van der Waals surface area contributed by atoms with Crippen molar-refractivity contribution in [2.24, 2.45) is 10.8 Å². The number of hydrogen-bond donors (Lipinski definition) is 4. The number of aromatic nitrogens is 5. The summed E-state index contributed by atoms with van der Waals surface area (Å²) in [6.45, 7) is 17.7. The number of pyridine rings is 1. The summed E-state index contributed by atoms with van der Waals surface area (Å²) < 4.78 is 11.7. The maximum absolute atomic E-state index is 12.5. The highest BCUT2D eigenvalue weighted by molar-refractivity contribution is 5.91. The van der Waals surface area contributed by atoms with Gasteiger partial charge in [-0.05, 0) is 59.1 Å². The lowest BCUT2D eigenvalue weighted by molar-refractivity contribution is -0.184. The molecule has 240 valence electrons. The van der Waals surface area contributed by atoms with Crippen molar-refractivity contribution in [1.29, 1.82) is 0 Å². The Bertz CT molecular complexity index is 1140. The van der Waals surface area contributed by atoms with Crippen LogP contribution in [0, 0.1) is 17.8 Å². The molecular formula is C30H50N8O5. The Morgan fingerprint density at radius 2 is 1.51 bits per heavy atom. The van der Waals surface area contributed by atoms with Crippen molar-refractivity contribution in [1.82, 2.24) is 36.0 Å². The molecular weight excluding hydrogens is 552 g/mol. The Morgan fingerprint density at radius 1 is 0.907 bits per heavy atom. The van der Waals surface area contributed by atoms with E-state index >= 15 is 0 Å². The van der Waals surface area contributed by atoms with Crippen LogP contribution in [0.5, 0.6) is 0 Å². The van der Waals surface area contributed by atoms with Crippen molar-refractivity contribution in [2.75, 3.05) is 31.6 Å². The van der Waals surface area contributed by atoms with E-state index in [2.05, 4.69) is 69.0 Å². The van der Waals surface area contributed by atoms with Gasteiger partial charge in [0.05, 0.1) is 30.7 Å². The van der Waals surface area contributed by atoms with Crippen molar-refractivity contribution < 1.29 is 24.2 Å². The number of aryl methyl sites for hydroxylation is 1. The molecule has 0 aromatic carbocycles. The zero-order valence-electron chi connectivity index (χ0n) is 27.0. The number of hydrogen-bond acceptors (Lipinski definition) is 11. The normalized spacial score (nSPS) is 15.3. The molecule has 0 spiro atoms. The summed E-state index contributed by atoms with van der Waals surface area (Å²) in [6.07, 6.45) is 3.02. The number of nitrogens with zero attached hydrogens (tertiary/aromatic N) is 5. The maximum atomic E-state index is 12.5. The molecule has 4 N–H and O–H groups in total. The number of rotatable bonds is 18. The molecule has 2 amide bonds. The van der Waals surface area contributed by atoms with Crippen LogP contribution in [0.15, 0.2) is 18.3 Å². The average molecular weight is 603 g/mol. The van der Waals surface area contributed by atoms with E-state index in [1.807, 2.05) is 20.8 Å². The topological polar surface area (TPSA) is 173 Å². The lowest BCUT2D eigenvalue weighted by atomic mass is 9.87. The number of amides is 2. The third kappa shape index (κ3) is 13.8. The van der Waals surface area contributed by atoms with E-state index < -0.39 is 12.0 Å². The van der Waals surface area contributed by atoms with E-state index in [9.17, 15) is 14.7 Å². The number of carbonyl (C=O) groups is 2. The molecule has 2 rings (SSSR count). The van der Waals surface area contributed by atoms with Crippen LogP contribution in [0.1, 0.15) is 86.4 Å². The van der Waals surface area contributed by atoms with Crippen LogP contribution in [0.4, 0.5) is 5.69 Å². The average Bonchev–Trinajstić information content (AvgIpc) is 2.95. The van der Waals surface area contributed by atoms with Gasteiger partial charge in [0.2, 0.25) is 24.1 Å². The van der Waals surface area contributed by atoms with Crippen LogP contribution in [0.25, 0.3) is 11.5 Å². The third-order valence-electron chi connectivity index (χ3n) is 7.15. The summed E-state index contributed by atoms with van der Waals surface area (Å²) >= 11 is 0. The predicted molar refractivity (Wildman–Crippen MR) is 164 cm³/mol. The molecule has 13 nitrogen and oxygen atoms in total. The minimum absolute atomic E-state index is 0.103. The molecule has 0 aliphatic rings. The van der Waals surface area contributed by atoms with E-state index in [0.29, 0.717) is 55.8 Å². The summed E-state index contributed by atoms with van der Waals surface area (Å²) in [5, 5.41) is 34.6. The van der Waals surface area contributed by atoms with Gasteiger partial charge in [0.1, 0.15) is 5.69 Å². The van der Waals surface area contributed by atoms with E-state index in [0.717, 1.165) is 12.8 Å². The smallest absolute Gasteiger partial charge is 0.224 e. The van der Waals surface area contributed by atoms with Crippen LogP contribution in [-0.4, -0.2) is 80.6 Å². The zero-order valence-corrected chi connectivity index (χ0v) is 27.0. The van der Waals surface area contributed by atoms with Crippen molar-refractivity contribution in [2.45, 2.75) is 99.5 Å². The molecule has 0 aliphatic heterocycles. The van der Waals surface area contributed by atoms with Gasteiger partial charge in [-0.25, -0.2) is 0 Å². The van der Waals surface area contributed by atoms with Crippen LogP contribution in [0.3, 0.4) is 0 Å². The predicted octanol–water partition coefficient (Wildman–Crippen LogP) is 3.39.